The third-order valence-electron chi connectivity index (χ3n) is 2.40. The van der Waals surface area contributed by atoms with Gasteiger partial charge in [-0.05, 0) is 58.5 Å². The van der Waals surface area contributed by atoms with Crippen molar-refractivity contribution in [2.24, 2.45) is 0 Å². The molecular formula is C15H10ClIO. The maximum Gasteiger partial charge on any atom is 0.185 e. The van der Waals surface area contributed by atoms with Gasteiger partial charge in [0.05, 0.1) is 0 Å². The third-order valence-corrected chi connectivity index (χ3v) is 3.36. The van der Waals surface area contributed by atoms with Crippen molar-refractivity contribution in [3.63, 3.8) is 0 Å². The minimum atomic E-state index is -0.00799. The molecule has 0 aromatic heterocycles. The molecule has 3 heteroatoms. The van der Waals surface area contributed by atoms with Crippen molar-refractivity contribution in [2.45, 2.75) is 0 Å². The fraction of sp³-hybridized carbons (Fsp3) is 0. The van der Waals surface area contributed by atoms with Gasteiger partial charge in [0.1, 0.15) is 0 Å². The van der Waals surface area contributed by atoms with Gasteiger partial charge in [0.25, 0.3) is 0 Å². The van der Waals surface area contributed by atoms with Gasteiger partial charge in [-0.2, -0.15) is 0 Å². The van der Waals surface area contributed by atoms with Crippen LogP contribution in [0.5, 0.6) is 0 Å². The molecule has 0 atom stereocenters. The summed E-state index contributed by atoms with van der Waals surface area (Å²) in [5.74, 6) is -0.00799. The molecule has 2 aromatic rings. The zero-order valence-electron chi connectivity index (χ0n) is 9.44. The normalized spacial score (nSPS) is 10.8. The van der Waals surface area contributed by atoms with Crippen LogP contribution in [0, 0.1) is 3.57 Å². The van der Waals surface area contributed by atoms with E-state index in [4.69, 9.17) is 11.6 Å². The number of allylic oxidation sites excluding steroid dienone is 1. The molecule has 0 amide bonds. The first-order valence-corrected chi connectivity index (χ1v) is 6.84. The van der Waals surface area contributed by atoms with Gasteiger partial charge in [-0.3, -0.25) is 4.79 Å². The first-order chi connectivity index (χ1) is 8.65. The first-order valence-electron chi connectivity index (χ1n) is 5.39. The monoisotopic (exact) mass is 368 g/mol. The van der Waals surface area contributed by atoms with E-state index >= 15 is 0 Å². The summed E-state index contributed by atoms with van der Waals surface area (Å²) in [6.45, 7) is 0. The quantitative estimate of drug-likeness (QED) is 0.430. The summed E-state index contributed by atoms with van der Waals surface area (Å²) in [6, 6.07) is 14.9. The van der Waals surface area contributed by atoms with Gasteiger partial charge in [0, 0.05) is 14.2 Å². The van der Waals surface area contributed by atoms with Crippen molar-refractivity contribution in [1.29, 1.82) is 0 Å². The van der Waals surface area contributed by atoms with E-state index in [1.807, 2.05) is 42.5 Å². The summed E-state index contributed by atoms with van der Waals surface area (Å²) in [5, 5.41) is 0.666. The predicted octanol–water partition coefficient (Wildman–Crippen LogP) is 4.84. The molecule has 0 bridgehead atoms. The second-order valence-electron chi connectivity index (χ2n) is 3.76. The van der Waals surface area contributed by atoms with E-state index in [1.54, 1.807) is 18.2 Å². The average molecular weight is 369 g/mol. The van der Waals surface area contributed by atoms with Crippen molar-refractivity contribution in [2.75, 3.05) is 0 Å². The standard InChI is InChI=1S/C15H10ClIO/c16-13-3-1-2-11(10-13)4-9-15(18)12-5-7-14(17)8-6-12/h1-10H/b9-4+. The SMILES string of the molecule is O=C(/C=C/c1cccc(Cl)c1)c1ccc(I)cc1. The highest BCUT2D eigenvalue weighted by Gasteiger charge is 2.00. The van der Waals surface area contributed by atoms with Crippen molar-refractivity contribution in [3.05, 3.63) is 74.3 Å². The number of halogens is 2. The van der Waals surface area contributed by atoms with Gasteiger partial charge in [0.2, 0.25) is 0 Å². The molecule has 0 saturated carbocycles. The fourth-order valence-electron chi connectivity index (χ4n) is 1.49. The minimum Gasteiger partial charge on any atom is -0.289 e. The topological polar surface area (TPSA) is 17.1 Å². The Morgan fingerprint density at radius 2 is 1.83 bits per heavy atom. The largest absolute Gasteiger partial charge is 0.289 e. The molecule has 2 rings (SSSR count). The molecule has 0 saturated heterocycles. The molecule has 0 spiro atoms. The first kappa shape index (κ1) is 13.3. The highest BCUT2D eigenvalue weighted by Crippen LogP contribution is 2.13. The molecule has 90 valence electrons. The van der Waals surface area contributed by atoms with Gasteiger partial charge in [0.15, 0.2) is 5.78 Å². The summed E-state index contributed by atoms with van der Waals surface area (Å²) < 4.78 is 1.11. The van der Waals surface area contributed by atoms with Gasteiger partial charge in [-0.1, -0.05) is 41.9 Å². The van der Waals surface area contributed by atoms with Gasteiger partial charge < -0.3 is 0 Å². The summed E-state index contributed by atoms with van der Waals surface area (Å²) in [7, 11) is 0. The van der Waals surface area contributed by atoms with Gasteiger partial charge in [-0.15, -0.1) is 0 Å². The molecule has 2 aromatic carbocycles. The van der Waals surface area contributed by atoms with Crippen molar-refractivity contribution in [1.82, 2.24) is 0 Å². The maximum absolute atomic E-state index is 11.9. The number of benzene rings is 2. The summed E-state index contributed by atoms with van der Waals surface area (Å²) in [4.78, 5) is 11.9. The number of ketones is 1. The van der Waals surface area contributed by atoms with Crippen LogP contribution in [0.2, 0.25) is 5.02 Å². The lowest BCUT2D eigenvalue weighted by molar-refractivity contribution is 0.104. The lowest BCUT2D eigenvalue weighted by Gasteiger charge is -1.97. The van der Waals surface area contributed by atoms with E-state index in [0.29, 0.717) is 10.6 Å². The Hall–Kier alpha value is -1.13. The van der Waals surface area contributed by atoms with E-state index < -0.39 is 0 Å². The van der Waals surface area contributed by atoms with Gasteiger partial charge in [-0.25, -0.2) is 0 Å². The smallest absolute Gasteiger partial charge is 0.185 e. The van der Waals surface area contributed by atoms with Crippen LogP contribution < -0.4 is 0 Å². The molecule has 1 nitrogen and oxygen atoms in total. The maximum atomic E-state index is 11.9. The van der Waals surface area contributed by atoms with Crippen LogP contribution in [-0.2, 0) is 0 Å². The summed E-state index contributed by atoms with van der Waals surface area (Å²) >= 11 is 8.09. The number of rotatable bonds is 3. The van der Waals surface area contributed by atoms with Crippen LogP contribution in [0.3, 0.4) is 0 Å². The molecule has 0 unspecified atom stereocenters. The molecule has 0 radical (unpaired) electrons. The number of carbonyl (C=O) groups is 1. The second kappa shape index (κ2) is 6.16. The van der Waals surface area contributed by atoms with Crippen LogP contribution in [0.15, 0.2) is 54.6 Å². The fourth-order valence-corrected chi connectivity index (χ4v) is 2.05. The van der Waals surface area contributed by atoms with E-state index in [-0.39, 0.29) is 5.78 Å². The lowest BCUT2D eigenvalue weighted by atomic mass is 10.1. The van der Waals surface area contributed by atoms with Crippen LogP contribution >= 0.6 is 34.2 Å². The highest BCUT2D eigenvalue weighted by atomic mass is 127. The van der Waals surface area contributed by atoms with Crippen molar-refractivity contribution >= 4 is 46.1 Å². The Labute approximate surface area is 125 Å². The Morgan fingerprint density at radius 1 is 1.11 bits per heavy atom. The zero-order valence-corrected chi connectivity index (χ0v) is 12.4. The van der Waals surface area contributed by atoms with E-state index in [0.717, 1.165) is 9.13 Å². The molecule has 0 fully saturated rings. The molecule has 18 heavy (non-hydrogen) atoms. The second-order valence-corrected chi connectivity index (χ2v) is 5.44. The number of carbonyl (C=O) groups excluding carboxylic acids is 1. The zero-order chi connectivity index (χ0) is 13.0. The Morgan fingerprint density at radius 3 is 2.50 bits per heavy atom. The minimum absolute atomic E-state index is 0.00799. The van der Waals surface area contributed by atoms with Crippen molar-refractivity contribution in [3.8, 4) is 0 Å². The molecule has 0 aliphatic rings. The highest BCUT2D eigenvalue weighted by molar-refractivity contribution is 14.1. The Bertz CT molecular complexity index is 588. The summed E-state index contributed by atoms with van der Waals surface area (Å²) in [5.41, 5.74) is 1.61. The number of hydrogen-bond acceptors (Lipinski definition) is 1. The molecule has 0 aliphatic carbocycles. The molecule has 0 N–H and O–H groups in total. The predicted molar refractivity (Wildman–Crippen MR) is 84.0 cm³/mol. The lowest BCUT2D eigenvalue weighted by Crippen LogP contribution is -1.93. The van der Waals surface area contributed by atoms with Crippen LogP contribution in [0.4, 0.5) is 0 Å². The molecular weight excluding hydrogens is 359 g/mol. The Balaban J connectivity index is 2.14. The third kappa shape index (κ3) is 3.68. The van der Waals surface area contributed by atoms with E-state index in [9.17, 15) is 4.79 Å². The molecule has 0 heterocycles. The van der Waals surface area contributed by atoms with Crippen molar-refractivity contribution < 1.29 is 4.79 Å². The van der Waals surface area contributed by atoms with E-state index in [2.05, 4.69) is 22.6 Å². The molecule has 0 aliphatic heterocycles. The van der Waals surface area contributed by atoms with Crippen LogP contribution in [0.25, 0.3) is 6.08 Å². The summed E-state index contributed by atoms with van der Waals surface area (Å²) in [6.07, 6.45) is 3.33. The van der Waals surface area contributed by atoms with Gasteiger partial charge >= 0.3 is 0 Å². The van der Waals surface area contributed by atoms with E-state index in [1.165, 1.54) is 0 Å². The average Bonchev–Trinajstić information content (AvgIpc) is 2.37. The van der Waals surface area contributed by atoms with Crippen LogP contribution in [0.1, 0.15) is 15.9 Å². The number of hydrogen-bond donors (Lipinski definition) is 0. The van der Waals surface area contributed by atoms with Crippen LogP contribution in [-0.4, -0.2) is 5.78 Å². The Kier molecular flexibility index (Phi) is 4.55.